The standard InChI is InChI=1S/C9H14S2/c1-3-5-6-9(4-2)10-7-8-11-9/h2H,3,5-8H2,1H3. The zero-order valence-corrected chi connectivity index (χ0v) is 8.56. The third-order valence-corrected chi connectivity index (χ3v) is 5.19. The lowest BCUT2D eigenvalue weighted by Crippen LogP contribution is -2.13. The van der Waals surface area contributed by atoms with Gasteiger partial charge in [-0.15, -0.1) is 29.9 Å². The van der Waals surface area contributed by atoms with E-state index in [1.807, 2.05) is 23.5 Å². The molecule has 1 rings (SSSR count). The fraction of sp³-hybridized carbons (Fsp3) is 0.778. The highest BCUT2D eigenvalue weighted by atomic mass is 32.2. The fourth-order valence-electron chi connectivity index (χ4n) is 1.16. The van der Waals surface area contributed by atoms with Crippen LogP contribution in [0.1, 0.15) is 26.2 Å². The Hall–Kier alpha value is 0.260. The largest absolute Gasteiger partial charge is 0.131 e. The Bertz CT molecular complexity index is 151. The molecule has 1 saturated heterocycles. The summed E-state index contributed by atoms with van der Waals surface area (Å²) in [6, 6.07) is 0. The SMILES string of the molecule is C#CC1(CCCC)SCCS1. The molecule has 0 bridgehead atoms. The summed E-state index contributed by atoms with van der Waals surface area (Å²) < 4.78 is 0.149. The summed E-state index contributed by atoms with van der Waals surface area (Å²) >= 11 is 3.91. The van der Waals surface area contributed by atoms with Crippen LogP contribution in [0.2, 0.25) is 0 Å². The third-order valence-electron chi connectivity index (χ3n) is 1.83. The summed E-state index contributed by atoms with van der Waals surface area (Å²) in [7, 11) is 0. The number of hydrogen-bond acceptors (Lipinski definition) is 2. The maximum atomic E-state index is 5.52. The van der Waals surface area contributed by atoms with Crippen LogP contribution in [0.5, 0.6) is 0 Å². The molecule has 0 amide bonds. The number of terminal acetylenes is 1. The van der Waals surface area contributed by atoms with Crippen LogP contribution in [0.3, 0.4) is 0 Å². The molecule has 1 heterocycles. The molecule has 0 saturated carbocycles. The first kappa shape index (κ1) is 9.35. The Morgan fingerprint density at radius 3 is 2.55 bits per heavy atom. The van der Waals surface area contributed by atoms with Crippen molar-refractivity contribution in [3.63, 3.8) is 0 Å². The van der Waals surface area contributed by atoms with Gasteiger partial charge in [-0.3, -0.25) is 0 Å². The Morgan fingerprint density at radius 2 is 2.09 bits per heavy atom. The smallest absolute Gasteiger partial charge is 0.122 e. The van der Waals surface area contributed by atoms with Crippen molar-refractivity contribution in [1.82, 2.24) is 0 Å². The molecule has 62 valence electrons. The van der Waals surface area contributed by atoms with Crippen molar-refractivity contribution < 1.29 is 0 Å². The average Bonchev–Trinajstić information content (AvgIpc) is 2.50. The Kier molecular flexibility index (Phi) is 3.68. The van der Waals surface area contributed by atoms with E-state index in [0.29, 0.717) is 0 Å². The first-order valence-electron chi connectivity index (χ1n) is 4.08. The van der Waals surface area contributed by atoms with Gasteiger partial charge in [-0.2, -0.15) is 0 Å². The Labute approximate surface area is 77.9 Å². The van der Waals surface area contributed by atoms with Crippen molar-refractivity contribution in [2.75, 3.05) is 11.5 Å². The van der Waals surface area contributed by atoms with Crippen molar-refractivity contribution in [2.24, 2.45) is 0 Å². The molecule has 2 heteroatoms. The Balaban J connectivity index is 2.41. The van der Waals surface area contributed by atoms with Gasteiger partial charge < -0.3 is 0 Å². The molecule has 0 aromatic heterocycles. The second kappa shape index (κ2) is 4.33. The van der Waals surface area contributed by atoms with Crippen LogP contribution < -0.4 is 0 Å². The highest BCUT2D eigenvalue weighted by molar-refractivity contribution is 8.21. The van der Waals surface area contributed by atoms with Gasteiger partial charge in [0.2, 0.25) is 0 Å². The molecule has 1 fully saturated rings. The van der Waals surface area contributed by atoms with Crippen molar-refractivity contribution in [3.05, 3.63) is 0 Å². The number of unbranched alkanes of at least 4 members (excludes halogenated alkanes) is 1. The molecule has 0 atom stereocenters. The van der Waals surface area contributed by atoms with E-state index >= 15 is 0 Å². The van der Waals surface area contributed by atoms with Crippen LogP contribution in [0, 0.1) is 12.3 Å². The highest BCUT2D eigenvalue weighted by Crippen LogP contribution is 2.46. The van der Waals surface area contributed by atoms with Gasteiger partial charge in [0.1, 0.15) is 4.08 Å². The highest BCUT2D eigenvalue weighted by Gasteiger charge is 2.32. The van der Waals surface area contributed by atoms with Crippen molar-refractivity contribution in [3.8, 4) is 12.3 Å². The van der Waals surface area contributed by atoms with Crippen LogP contribution in [-0.2, 0) is 0 Å². The molecule has 0 spiro atoms. The molecule has 0 aromatic carbocycles. The quantitative estimate of drug-likeness (QED) is 0.621. The summed E-state index contributed by atoms with van der Waals surface area (Å²) in [5, 5.41) is 0. The zero-order chi connectivity index (χ0) is 8.16. The second-order valence-electron chi connectivity index (χ2n) is 2.70. The van der Waals surface area contributed by atoms with Crippen LogP contribution >= 0.6 is 23.5 Å². The van der Waals surface area contributed by atoms with Crippen molar-refractivity contribution in [1.29, 1.82) is 0 Å². The van der Waals surface area contributed by atoms with E-state index in [9.17, 15) is 0 Å². The van der Waals surface area contributed by atoms with Crippen LogP contribution in [0.15, 0.2) is 0 Å². The fourth-order valence-corrected chi connectivity index (χ4v) is 4.07. The molecule has 11 heavy (non-hydrogen) atoms. The lowest BCUT2D eigenvalue weighted by atomic mass is 10.2. The Morgan fingerprint density at radius 1 is 1.45 bits per heavy atom. The predicted molar refractivity (Wildman–Crippen MR) is 56.0 cm³/mol. The van der Waals surface area contributed by atoms with Crippen molar-refractivity contribution in [2.45, 2.75) is 30.3 Å². The molecule has 0 nitrogen and oxygen atoms in total. The molecule has 0 N–H and O–H groups in total. The first-order valence-corrected chi connectivity index (χ1v) is 6.06. The van der Waals surface area contributed by atoms with E-state index in [2.05, 4.69) is 12.8 Å². The van der Waals surface area contributed by atoms with Gasteiger partial charge in [0.05, 0.1) is 0 Å². The minimum Gasteiger partial charge on any atom is -0.131 e. The van der Waals surface area contributed by atoms with Gasteiger partial charge in [0.25, 0.3) is 0 Å². The maximum absolute atomic E-state index is 5.52. The monoisotopic (exact) mass is 186 g/mol. The summed E-state index contributed by atoms with van der Waals surface area (Å²) in [5.74, 6) is 5.41. The topological polar surface area (TPSA) is 0 Å². The molecule has 1 aliphatic heterocycles. The minimum atomic E-state index is 0.149. The van der Waals surface area contributed by atoms with Gasteiger partial charge in [-0.1, -0.05) is 25.7 Å². The number of rotatable bonds is 3. The molecule has 0 unspecified atom stereocenters. The van der Waals surface area contributed by atoms with E-state index < -0.39 is 0 Å². The minimum absolute atomic E-state index is 0.149. The number of hydrogen-bond donors (Lipinski definition) is 0. The molecular weight excluding hydrogens is 172 g/mol. The lowest BCUT2D eigenvalue weighted by Gasteiger charge is -2.19. The summed E-state index contributed by atoms with van der Waals surface area (Å²) in [4.78, 5) is 0. The predicted octanol–water partition coefficient (Wildman–Crippen LogP) is 2.99. The maximum Gasteiger partial charge on any atom is 0.122 e. The second-order valence-corrected chi connectivity index (χ2v) is 5.74. The molecule has 0 radical (unpaired) electrons. The van der Waals surface area contributed by atoms with Gasteiger partial charge in [0, 0.05) is 11.5 Å². The van der Waals surface area contributed by atoms with E-state index in [1.165, 1.54) is 30.8 Å². The van der Waals surface area contributed by atoms with Crippen LogP contribution in [0.25, 0.3) is 0 Å². The zero-order valence-electron chi connectivity index (χ0n) is 6.93. The van der Waals surface area contributed by atoms with E-state index in [-0.39, 0.29) is 4.08 Å². The van der Waals surface area contributed by atoms with E-state index in [0.717, 1.165) is 0 Å². The first-order chi connectivity index (χ1) is 5.33. The molecular formula is C9H14S2. The molecule has 1 aliphatic rings. The van der Waals surface area contributed by atoms with Gasteiger partial charge in [-0.25, -0.2) is 0 Å². The number of thioether (sulfide) groups is 2. The average molecular weight is 186 g/mol. The summed E-state index contributed by atoms with van der Waals surface area (Å²) in [5.41, 5.74) is 0. The molecule has 0 aromatic rings. The lowest BCUT2D eigenvalue weighted by molar-refractivity contribution is 0.727. The van der Waals surface area contributed by atoms with Gasteiger partial charge in [-0.05, 0) is 6.42 Å². The van der Waals surface area contributed by atoms with Crippen LogP contribution in [-0.4, -0.2) is 15.6 Å². The summed E-state index contributed by atoms with van der Waals surface area (Å²) in [6.45, 7) is 2.22. The van der Waals surface area contributed by atoms with Crippen LogP contribution in [0.4, 0.5) is 0 Å². The van der Waals surface area contributed by atoms with Gasteiger partial charge in [0.15, 0.2) is 0 Å². The summed E-state index contributed by atoms with van der Waals surface area (Å²) in [6.07, 6.45) is 9.23. The van der Waals surface area contributed by atoms with E-state index in [1.54, 1.807) is 0 Å². The van der Waals surface area contributed by atoms with E-state index in [4.69, 9.17) is 6.42 Å². The van der Waals surface area contributed by atoms with Crippen molar-refractivity contribution >= 4 is 23.5 Å². The molecule has 0 aliphatic carbocycles. The third kappa shape index (κ3) is 2.35. The van der Waals surface area contributed by atoms with Gasteiger partial charge >= 0.3 is 0 Å². The normalized spacial score (nSPS) is 21.5.